The minimum Gasteiger partial charge on any atom is -0.294 e. The zero-order valence-electron chi connectivity index (χ0n) is 9.13. The fourth-order valence-corrected chi connectivity index (χ4v) is 3.03. The topological polar surface area (TPSA) is 17.1 Å². The average Bonchev–Trinajstić information content (AvgIpc) is 2.14. The van der Waals surface area contributed by atoms with Gasteiger partial charge in [-0.1, -0.05) is 5.92 Å². The maximum absolute atomic E-state index is 13.5. The van der Waals surface area contributed by atoms with E-state index in [-0.39, 0.29) is 16.1 Å². The predicted molar refractivity (Wildman–Crippen MR) is 63.2 cm³/mol. The van der Waals surface area contributed by atoms with Gasteiger partial charge in [-0.25, -0.2) is 4.39 Å². The molecule has 16 heavy (non-hydrogen) atoms. The van der Waals surface area contributed by atoms with Crippen LogP contribution < -0.4 is 0 Å². The highest BCUT2D eigenvalue weighted by Crippen LogP contribution is 2.43. The molecule has 1 heterocycles. The molecule has 0 bridgehead atoms. The number of halogens is 1. The molecular formula is C13H11FOS. The summed E-state index contributed by atoms with van der Waals surface area (Å²) in [6.07, 6.45) is 5.63. The van der Waals surface area contributed by atoms with Crippen LogP contribution in [0.5, 0.6) is 0 Å². The number of terminal acetylenes is 1. The molecule has 0 N–H and O–H groups in total. The number of fused-ring (bicyclic) bond motifs is 1. The highest BCUT2D eigenvalue weighted by molar-refractivity contribution is 8.00. The van der Waals surface area contributed by atoms with Crippen LogP contribution in [0, 0.1) is 18.2 Å². The normalized spacial score (nSPS) is 17.8. The zero-order chi connectivity index (χ0) is 11.9. The number of carbonyl (C=O) groups excluding carboxylic acids is 1. The lowest BCUT2D eigenvalue weighted by Crippen LogP contribution is -2.25. The number of ketones is 1. The van der Waals surface area contributed by atoms with Crippen molar-refractivity contribution in [3.63, 3.8) is 0 Å². The van der Waals surface area contributed by atoms with Crippen LogP contribution in [0.1, 0.15) is 36.2 Å². The maximum Gasteiger partial charge on any atom is 0.165 e. The minimum atomic E-state index is -0.431. The average molecular weight is 234 g/mol. The monoisotopic (exact) mass is 234 g/mol. The first-order valence-corrected chi connectivity index (χ1v) is 5.77. The molecule has 0 unspecified atom stereocenters. The second-order valence-electron chi connectivity index (χ2n) is 4.43. The molecule has 0 saturated heterocycles. The Kier molecular flexibility index (Phi) is 2.55. The molecule has 1 aromatic rings. The van der Waals surface area contributed by atoms with Gasteiger partial charge >= 0.3 is 0 Å². The Balaban J connectivity index is 2.59. The van der Waals surface area contributed by atoms with E-state index in [4.69, 9.17) is 6.42 Å². The van der Waals surface area contributed by atoms with Crippen LogP contribution in [0.4, 0.5) is 4.39 Å². The Labute approximate surface area is 98.4 Å². The van der Waals surface area contributed by atoms with E-state index in [9.17, 15) is 9.18 Å². The van der Waals surface area contributed by atoms with E-state index in [0.717, 1.165) is 0 Å². The van der Waals surface area contributed by atoms with Crippen molar-refractivity contribution in [2.75, 3.05) is 0 Å². The number of hydrogen-bond donors (Lipinski definition) is 0. The maximum atomic E-state index is 13.5. The molecule has 0 fully saturated rings. The van der Waals surface area contributed by atoms with Crippen molar-refractivity contribution in [3.05, 3.63) is 29.1 Å². The van der Waals surface area contributed by atoms with E-state index in [1.54, 1.807) is 0 Å². The van der Waals surface area contributed by atoms with Crippen molar-refractivity contribution in [2.45, 2.75) is 29.9 Å². The van der Waals surface area contributed by atoms with Crippen molar-refractivity contribution >= 4 is 17.5 Å². The van der Waals surface area contributed by atoms with E-state index >= 15 is 0 Å². The van der Waals surface area contributed by atoms with Gasteiger partial charge in [0.25, 0.3) is 0 Å². The quantitative estimate of drug-likeness (QED) is 0.641. The van der Waals surface area contributed by atoms with Gasteiger partial charge in [0.1, 0.15) is 5.82 Å². The van der Waals surface area contributed by atoms with Crippen molar-refractivity contribution < 1.29 is 9.18 Å². The third-order valence-electron chi connectivity index (χ3n) is 2.50. The van der Waals surface area contributed by atoms with Crippen molar-refractivity contribution in [2.24, 2.45) is 0 Å². The second-order valence-corrected chi connectivity index (χ2v) is 6.18. The molecular weight excluding hydrogens is 223 g/mol. The van der Waals surface area contributed by atoms with Crippen LogP contribution >= 0.6 is 11.8 Å². The van der Waals surface area contributed by atoms with E-state index in [1.807, 2.05) is 13.8 Å². The van der Waals surface area contributed by atoms with E-state index < -0.39 is 5.82 Å². The summed E-state index contributed by atoms with van der Waals surface area (Å²) < 4.78 is 13.3. The van der Waals surface area contributed by atoms with E-state index in [1.165, 1.54) is 23.9 Å². The molecule has 0 saturated carbocycles. The summed E-state index contributed by atoms with van der Waals surface area (Å²) in [5, 5.41) is 0. The fraction of sp³-hybridized carbons (Fsp3) is 0.308. The summed E-state index contributed by atoms with van der Waals surface area (Å²) in [7, 11) is 0. The standard InChI is InChI=1S/C13H11FOS/c1-4-8-5-9-11(15)7-13(2,3)16-12(9)6-10(8)14/h1,5-6H,7H2,2-3H3. The van der Waals surface area contributed by atoms with Crippen LogP contribution in [-0.2, 0) is 0 Å². The first-order chi connectivity index (χ1) is 7.43. The summed E-state index contributed by atoms with van der Waals surface area (Å²) in [6.45, 7) is 3.96. The Hall–Kier alpha value is -1.27. The zero-order valence-corrected chi connectivity index (χ0v) is 9.95. The number of carbonyl (C=O) groups is 1. The molecule has 1 aliphatic rings. The van der Waals surface area contributed by atoms with Crippen molar-refractivity contribution in [3.8, 4) is 12.3 Å². The number of hydrogen-bond acceptors (Lipinski definition) is 2. The third-order valence-corrected chi connectivity index (χ3v) is 3.75. The van der Waals surface area contributed by atoms with Crippen LogP contribution in [0.2, 0.25) is 0 Å². The number of Topliss-reactive ketones (excluding diaryl/α,β-unsaturated/α-hetero) is 1. The van der Waals surface area contributed by atoms with E-state index in [2.05, 4.69) is 5.92 Å². The SMILES string of the molecule is C#Cc1cc2c(cc1F)SC(C)(C)CC2=O. The summed E-state index contributed by atoms with van der Waals surface area (Å²) in [4.78, 5) is 12.6. The van der Waals surface area contributed by atoms with Gasteiger partial charge in [-0.05, 0) is 26.0 Å². The highest BCUT2D eigenvalue weighted by atomic mass is 32.2. The lowest BCUT2D eigenvalue weighted by atomic mass is 9.98. The van der Waals surface area contributed by atoms with Gasteiger partial charge in [-0.3, -0.25) is 4.79 Å². The molecule has 1 aliphatic heterocycles. The summed E-state index contributed by atoms with van der Waals surface area (Å²) >= 11 is 1.52. The number of rotatable bonds is 0. The molecule has 1 nitrogen and oxygen atoms in total. The van der Waals surface area contributed by atoms with Gasteiger partial charge in [-0.2, -0.15) is 0 Å². The summed E-state index contributed by atoms with van der Waals surface area (Å²) in [6, 6.07) is 2.85. The van der Waals surface area contributed by atoms with Gasteiger partial charge in [0.2, 0.25) is 0 Å². The summed E-state index contributed by atoms with van der Waals surface area (Å²) in [5.74, 6) is 1.86. The molecule has 0 atom stereocenters. The van der Waals surface area contributed by atoms with Gasteiger partial charge < -0.3 is 0 Å². The predicted octanol–water partition coefficient (Wildman–Crippen LogP) is 3.26. The molecule has 1 aromatic carbocycles. The molecule has 0 amide bonds. The van der Waals surface area contributed by atoms with Crippen LogP contribution in [0.25, 0.3) is 0 Å². The van der Waals surface area contributed by atoms with Gasteiger partial charge in [0.05, 0.1) is 5.56 Å². The first kappa shape index (κ1) is 11.2. The van der Waals surface area contributed by atoms with Crippen LogP contribution in [0.15, 0.2) is 17.0 Å². The lowest BCUT2D eigenvalue weighted by Gasteiger charge is -2.29. The number of thioether (sulfide) groups is 1. The molecule has 0 radical (unpaired) electrons. The Morgan fingerprint density at radius 2 is 2.19 bits per heavy atom. The summed E-state index contributed by atoms with van der Waals surface area (Å²) in [5.41, 5.74) is 0.714. The van der Waals surface area contributed by atoms with Crippen LogP contribution in [0.3, 0.4) is 0 Å². The molecule has 82 valence electrons. The van der Waals surface area contributed by atoms with Gasteiger partial charge in [-0.15, -0.1) is 18.2 Å². The van der Waals surface area contributed by atoms with Gasteiger partial charge in [0.15, 0.2) is 5.78 Å². The van der Waals surface area contributed by atoms with Crippen molar-refractivity contribution in [1.82, 2.24) is 0 Å². The minimum absolute atomic E-state index is 0.0373. The van der Waals surface area contributed by atoms with E-state index in [0.29, 0.717) is 16.9 Å². The smallest absolute Gasteiger partial charge is 0.165 e. The second kappa shape index (κ2) is 3.64. The fourth-order valence-electron chi connectivity index (χ4n) is 1.78. The first-order valence-electron chi connectivity index (χ1n) is 4.95. The third kappa shape index (κ3) is 1.85. The Bertz CT molecular complexity index is 511. The van der Waals surface area contributed by atoms with Gasteiger partial charge in [0, 0.05) is 21.6 Å². The molecule has 0 aromatic heterocycles. The van der Waals surface area contributed by atoms with Crippen LogP contribution in [-0.4, -0.2) is 10.5 Å². The number of benzene rings is 1. The Morgan fingerprint density at radius 3 is 2.81 bits per heavy atom. The molecule has 0 spiro atoms. The molecule has 0 aliphatic carbocycles. The van der Waals surface area contributed by atoms with Crippen molar-refractivity contribution in [1.29, 1.82) is 0 Å². The largest absolute Gasteiger partial charge is 0.294 e. The molecule has 3 heteroatoms. The lowest BCUT2D eigenvalue weighted by molar-refractivity contribution is 0.0967. The Morgan fingerprint density at radius 1 is 1.50 bits per heavy atom. The molecule has 2 rings (SSSR count). The highest BCUT2D eigenvalue weighted by Gasteiger charge is 2.32.